The van der Waals surface area contributed by atoms with Crippen LogP contribution >= 0.6 is 0 Å². The Morgan fingerprint density at radius 1 is 1.18 bits per heavy atom. The molecule has 4 rings (SSSR count). The zero-order valence-electron chi connectivity index (χ0n) is 19.6. The van der Waals surface area contributed by atoms with Gasteiger partial charge in [0.15, 0.2) is 0 Å². The van der Waals surface area contributed by atoms with E-state index in [-0.39, 0.29) is 28.4 Å². The normalized spacial score (nSPS) is 25.9. The van der Waals surface area contributed by atoms with E-state index in [4.69, 9.17) is 13.8 Å². The Labute approximate surface area is 194 Å². The summed E-state index contributed by atoms with van der Waals surface area (Å²) in [4.78, 5) is 13.2. The maximum Gasteiger partial charge on any atom is 0.288 e. The van der Waals surface area contributed by atoms with Crippen molar-refractivity contribution in [3.8, 4) is 11.5 Å². The zero-order valence-corrected chi connectivity index (χ0v) is 20.4. The molecule has 1 amide bonds. The highest BCUT2D eigenvalue weighted by molar-refractivity contribution is 7.86. The van der Waals surface area contributed by atoms with E-state index in [1.165, 1.54) is 14.2 Å². The van der Waals surface area contributed by atoms with E-state index in [9.17, 15) is 18.3 Å². The number of amides is 1. The second kappa shape index (κ2) is 8.14. The fourth-order valence-corrected chi connectivity index (χ4v) is 7.69. The van der Waals surface area contributed by atoms with Crippen molar-refractivity contribution < 1.29 is 32.1 Å². The Kier molecular flexibility index (Phi) is 5.87. The molecule has 0 radical (unpaired) electrons. The summed E-state index contributed by atoms with van der Waals surface area (Å²) in [5.41, 5.74) is -0.944. The number of carbonyl (C=O) groups excluding carboxylic acids is 1. The predicted molar refractivity (Wildman–Crippen MR) is 124 cm³/mol. The third kappa shape index (κ3) is 3.76. The van der Waals surface area contributed by atoms with E-state index in [1.807, 2.05) is 19.9 Å². The van der Waals surface area contributed by atoms with Crippen molar-refractivity contribution in [2.45, 2.75) is 39.2 Å². The second-order valence-electron chi connectivity index (χ2n) is 9.68. The first-order chi connectivity index (χ1) is 15.5. The van der Waals surface area contributed by atoms with Gasteiger partial charge in [-0.3, -0.25) is 4.79 Å². The molecule has 0 heterocycles. The summed E-state index contributed by atoms with van der Waals surface area (Å²) in [5, 5.41) is 12.9. The number of hydrogen-bond acceptors (Lipinski definition) is 7. The summed E-state index contributed by atoms with van der Waals surface area (Å²) in [7, 11) is 0.102. The van der Waals surface area contributed by atoms with Gasteiger partial charge in [0.05, 0.1) is 31.6 Å². The van der Waals surface area contributed by atoms with Crippen molar-refractivity contribution in [2.75, 3.05) is 27.0 Å². The number of hydrogen-bond donors (Lipinski definition) is 1. The largest absolute Gasteiger partial charge is 0.496 e. The monoisotopic (exact) mass is 477 g/mol. The first kappa shape index (κ1) is 23.8. The molecule has 0 aromatic heterocycles. The summed E-state index contributed by atoms with van der Waals surface area (Å²) < 4.78 is 42.1. The van der Waals surface area contributed by atoms with Crippen LogP contribution in [0, 0.1) is 16.7 Å². The first-order valence-electron chi connectivity index (χ1n) is 11.0. The highest BCUT2D eigenvalue weighted by Crippen LogP contribution is 2.66. The van der Waals surface area contributed by atoms with Gasteiger partial charge in [-0.1, -0.05) is 26.0 Å². The fraction of sp³-hybridized carbons (Fsp3) is 0.542. The number of nitrogens with zero attached hydrogens (tertiary/aromatic N) is 1. The van der Waals surface area contributed by atoms with Crippen molar-refractivity contribution in [1.82, 2.24) is 5.06 Å². The Hall–Kier alpha value is -2.36. The molecule has 1 N–H and O–H groups in total. The van der Waals surface area contributed by atoms with Gasteiger partial charge in [-0.25, -0.2) is 5.06 Å². The number of rotatable bonds is 7. The molecule has 2 aromatic carbocycles. The Balaban J connectivity index is 1.59. The van der Waals surface area contributed by atoms with Crippen LogP contribution in [0.15, 0.2) is 30.3 Å². The Morgan fingerprint density at radius 3 is 2.45 bits per heavy atom. The smallest absolute Gasteiger partial charge is 0.288 e. The number of hydroxylamine groups is 2. The van der Waals surface area contributed by atoms with Crippen molar-refractivity contribution in [3.63, 3.8) is 0 Å². The lowest BCUT2D eigenvalue weighted by atomic mass is 9.70. The summed E-state index contributed by atoms with van der Waals surface area (Å²) in [6.45, 7) is 4.03. The first-order valence-corrected chi connectivity index (χ1v) is 12.6. The minimum absolute atomic E-state index is 0.163. The molecular formula is C24H31NO7S. The van der Waals surface area contributed by atoms with Crippen molar-refractivity contribution >= 4 is 26.8 Å². The van der Waals surface area contributed by atoms with Crippen LogP contribution in [0.25, 0.3) is 10.8 Å². The molecular weight excluding hydrogens is 446 g/mol. The summed E-state index contributed by atoms with van der Waals surface area (Å²) in [5.74, 6) is 0.182. The van der Waals surface area contributed by atoms with Crippen LogP contribution in [-0.4, -0.2) is 57.6 Å². The number of fused-ring (bicyclic) bond motifs is 3. The molecule has 2 aliphatic rings. The Bertz CT molecular complexity index is 1190. The molecule has 2 saturated carbocycles. The molecule has 2 fully saturated rings. The highest BCUT2D eigenvalue weighted by Gasteiger charge is 2.65. The molecule has 3 atom stereocenters. The van der Waals surface area contributed by atoms with Crippen LogP contribution in [0.2, 0.25) is 0 Å². The van der Waals surface area contributed by atoms with Gasteiger partial charge in [-0.05, 0) is 54.2 Å². The van der Waals surface area contributed by atoms with Gasteiger partial charge in [0.1, 0.15) is 11.5 Å². The molecule has 0 aliphatic heterocycles. The van der Waals surface area contributed by atoms with Crippen LogP contribution in [0.3, 0.4) is 0 Å². The third-order valence-corrected chi connectivity index (χ3v) is 9.26. The topological polar surface area (TPSA) is 102 Å². The standard InChI is InChI=1S/C24H31NO7S/c1-23(2)16-9-10-24(23,21(26)12-16)14-33(28,29)32-25(3)22(27)18-11-15-7-6-8-19(30-4)17(15)13-20(18)31-5/h6-8,11,13,16,21,26H,9-10,12,14H2,1-5H3. The predicted octanol–water partition coefficient (Wildman–Crippen LogP) is 3.38. The molecule has 2 bridgehead atoms. The summed E-state index contributed by atoms with van der Waals surface area (Å²) >= 11 is 0. The SMILES string of the molecule is COc1cc2c(OC)cccc2cc1C(=O)N(C)OS(=O)(=O)CC12CCC(CC1O)C2(C)C. The molecule has 2 aliphatic carbocycles. The van der Waals surface area contributed by atoms with E-state index in [0.29, 0.717) is 18.6 Å². The van der Waals surface area contributed by atoms with Gasteiger partial charge >= 0.3 is 0 Å². The molecule has 8 nitrogen and oxygen atoms in total. The second-order valence-corrected chi connectivity index (χ2v) is 11.2. The fourth-order valence-electron chi connectivity index (χ4n) is 5.89. The average molecular weight is 478 g/mol. The van der Waals surface area contributed by atoms with Gasteiger partial charge < -0.3 is 14.6 Å². The minimum Gasteiger partial charge on any atom is -0.496 e. The maximum atomic E-state index is 13.2. The molecule has 0 saturated heterocycles. The maximum absolute atomic E-state index is 13.2. The number of aliphatic hydroxyl groups excluding tert-OH is 1. The van der Waals surface area contributed by atoms with Crippen molar-refractivity contribution in [3.05, 3.63) is 35.9 Å². The molecule has 0 spiro atoms. The molecule has 2 aromatic rings. The summed E-state index contributed by atoms with van der Waals surface area (Å²) in [6.07, 6.45) is 1.38. The lowest BCUT2D eigenvalue weighted by molar-refractivity contribution is -0.0173. The van der Waals surface area contributed by atoms with Gasteiger partial charge in [-0.2, -0.15) is 8.42 Å². The molecule has 33 heavy (non-hydrogen) atoms. The van der Waals surface area contributed by atoms with Gasteiger partial charge in [0.2, 0.25) is 0 Å². The number of carbonyl (C=O) groups is 1. The highest BCUT2D eigenvalue weighted by atomic mass is 32.2. The average Bonchev–Trinajstić information content (AvgIpc) is 3.10. The van der Waals surface area contributed by atoms with Crippen LogP contribution < -0.4 is 9.47 Å². The van der Waals surface area contributed by atoms with Crippen LogP contribution in [-0.2, 0) is 14.4 Å². The van der Waals surface area contributed by atoms with E-state index in [2.05, 4.69) is 0 Å². The van der Waals surface area contributed by atoms with Gasteiger partial charge in [-0.15, -0.1) is 4.28 Å². The van der Waals surface area contributed by atoms with Crippen molar-refractivity contribution in [2.24, 2.45) is 16.7 Å². The minimum atomic E-state index is -4.15. The van der Waals surface area contributed by atoms with E-state index in [0.717, 1.165) is 22.3 Å². The van der Waals surface area contributed by atoms with Crippen molar-refractivity contribution in [1.29, 1.82) is 0 Å². The lowest BCUT2D eigenvalue weighted by Gasteiger charge is -2.40. The lowest BCUT2D eigenvalue weighted by Crippen LogP contribution is -2.46. The quantitative estimate of drug-likeness (QED) is 0.610. The molecule has 180 valence electrons. The number of aliphatic hydroxyl groups is 1. The van der Waals surface area contributed by atoms with E-state index >= 15 is 0 Å². The van der Waals surface area contributed by atoms with Crippen LogP contribution in [0.1, 0.15) is 43.5 Å². The van der Waals surface area contributed by atoms with Gasteiger partial charge in [0, 0.05) is 17.8 Å². The van der Waals surface area contributed by atoms with E-state index in [1.54, 1.807) is 31.4 Å². The number of benzene rings is 2. The molecule has 3 unspecified atom stereocenters. The van der Waals surface area contributed by atoms with E-state index < -0.39 is 27.5 Å². The number of ether oxygens (including phenoxy) is 2. The summed E-state index contributed by atoms with van der Waals surface area (Å²) in [6, 6.07) is 8.73. The van der Waals surface area contributed by atoms with Crippen LogP contribution in [0.4, 0.5) is 0 Å². The molecule has 9 heteroatoms. The van der Waals surface area contributed by atoms with Crippen LogP contribution in [0.5, 0.6) is 11.5 Å². The third-order valence-electron chi connectivity index (χ3n) is 7.94. The number of methoxy groups -OCH3 is 2. The van der Waals surface area contributed by atoms with Gasteiger partial charge in [0.25, 0.3) is 16.0 Å². The Morgan fingerprint density at radius 2 is 1.88 bits per heavy atom. The zero-order chi connectivity index (χ0) is 24.2.